The number of aromatic nitrogens is 2. The smallest absolute Gasteiger partial charge is 0.267 e. The number of aryl methyl sites for hydroxylation is 1. The molecule has 0 atom stereocenters. The molecule has 0 radical (unpaired) electrons. The third kappa shape index (κ3) is 2.82. The molecule has 0 saturated carbocycles. The second-order valence-corrected chi connectivity index (χ2v) is 3.93. The quantitative estimate of drug-likeness (QED) is 0.852. The predicted molar refractivity (Wildman–Crippen MR) is 63.8 cm³/mol. The molecule has 0 aromatic carbocycles. The zero-order chi connectivity index (χ0) is 12.3. The van der Waals surface area contributed by atoms with E-state index in [1.807, 2.05) is 26.1 Å². The summed E-state index contributed by atoms with van der Waals surface area (Å²) in [5.74, 6) is 1.58. The molecule has 0 saturated heterocycles. The summed E-state index contributed by atoms with van der Waals surface area (Å²) < 4.78 is 6.93. The number of furan rings is 1. The van der Waals surface area contributed by atoms with Crippen molar-refractivity contribution >= 4 is 0 Å². The topological polar surface area (TPSA) is 60.1 Å². The second-order valence-electron chi connectivity index (χ2n) is 3.93. The Labute approximate surface area is 99.1 Å². The van der Waals surface area contributed by atoms with Gasteiger partial charge in [-0.1, -0.05) is 0 Å². The third-order valence-corrected chi connectivity index (χ3v) is 2.38. The molecule has 2 aromatic heterocycles. The molecular weight excluding hydrogens is 218 g/mol. The van der Waals surface area contributed by atoms with Crippen molar-refractivity contribution in [2.45, 2.75) is 20.0 Å². The standard InChI is InChI=1S/C12H15N3O2/c1-9-5-12(16)15(14-6-9)8-11-4-3-10(17-11)7-13-2/h3-6,13H,7-8H2,1-2H3. The van der Waals surface area contributed by atoms with Gasteiger partial charge in [-0.15, -0.1) is 0 Å². The van der Waals surface area contributed by atoms with E-state index in [0.717, 1.165) is 17.1 Å². The number of rotatable bonds is 4. The van der Waals surface area contributed by atoms with Gasteiger partial charge >= 0.3 is 0 Å². The highest BCUT2D eigenvalue weighted by atomic mass is 16.3. The molecule has 0 bridgehead atoms. The molecule has 2 rings (SSSR count). The normalized spacial score (nSPS) is 10.7. The first kappa shape index (κ1) is 11.6. The molecule has 2 aromatic rings. The monoisotopic (exact) mass is 233 g/mol. The van der Waals surface area contributed by atoms with Gasteiger partial charge in [-0.05, 0) is 31.7 Å². The summed E-state index contributed by atoms with van der Waals surface area (Å²) in [7, 11) is 1.86. The first-order chi connectivity index (χ1) is 8.19. The van der Waals surface area contributed by atoms with Crippen LogP contribution in [-0.4, -0.2) is 16.8 Å². The van der Waals surface area contributed by atoms with Gasteiger partial charge in [0.15, 0.2) is 0 Å². The van der Waals surface area contributed by atoms with Crippen molar-refractivity contribution in [2.24, 2.45) is 0 Å². The van der Waals surface area contributed by atoms with Crippen LogP contribution in [0.25, 0.3) is 0 Å². The van der Waals surface area contributed by atoms with Crippen molar-refractivity contribution < 1.29 is 4.42 Å². The third-order valence-electron chi connectivity index (χ3n) is 2.38. The first-order valence-corrected chi connectivity index (χ1v) is 5.45. The number of hydrogen-bond acceptors (Lipinski definition) is 4. The predicted octanol–water partition coefficient (Wildman–Crippen LogP) is 0.912. The van der Waals surface area contributed by atoms with E-state index in [-0.39, 0.29) is 5.56 Å². The van der Waals surface area contributed by atoms with Gasteiger partial charge in [0.1, 0.15) is 18.1 Å². The Morgan fingerprint density at radius 2 is 2.18 bits per heavy atom. The van der Waals surface area contributed by atoms with Crippen molar-refractivity contribution in [1.82, 2.24) is 15.1 Å². The van der Waals surface area contributed by atoms with Gasteiger partial charge in [0.25, 0.3) is 5.56 Å². The van der Waals surface area contributed by atoms with Crippen LogP contribution in [0.5, 0.6) is 0 Å². The van der Waals surface area contributed by atoms with Gasteiger partial charge in [-0.2, -0.15) is 5.10 Å². The highest BCUT2D eigenvalue weighted by Gasteiger charge is 2.04. The summed E-state index contributed by atoms with van der Waals surface area (Å²) in [4.78, 5) is 11.6. The van der Waals surface area contributed by atoms with E-state index < -0.39 is 0 Å². The van der Waals surface area contributed by atoms with E-state index in [0.29, 0.717) is 13.1 Å². The van der Waals surface area contributed by atoms with Gasteiger partial charge in [0.2, 0.25) is 0 Å². The highest BCUT2D eigenvalue weighted by Crippen LogP contribution is 2.08. The first-order valence-electron chi connectivity index (χ1n) is 5.45. The summed E-state index contributed by atoms with van der Waals surface area (Å²) in [5, 5.41) is 7.06. The van der Waals surface area contributed by atoms with Crippen LogP contribution in [0, 0.1) is 6.92 Å². The minimum absolute atomic E-state index is 0.114. The lowest BCUT2D eigenvalue weighted by atomic mass is 10.3. The summed E-state index contributed by atoms with van der Waals surface area (Å²) in [6.45, 7) is 2.88. The van der Waals surface area contributed by atoms with E-state index >= 15 is 0 Å². The van der Waals surface area contributed by atoms with E-state index in [4.69, 9.17) is 4.42 Å². The van der Waals surface area contributed by atoms with Crippen LogP contribution in [0.15, 0.2) is 33.6 Å². The van der Waals surface area contributed by atoms with E-state index in [9.17, 15) is 4.79 Å². The van der Waals surface area contributed by atoms with E-state index in [1.165, 1.54) is 4.68 Å². The zero-order valence-electron chi connectivity index (χ0n) is 9.93. The fourth-order valence-corrected chi connectivity index (χ4v) is 1.57. The van der Waals surface area contributed by atoms with E-state index in [2.05, 4.69) is 10.4 Å². The molecule has 0 aliphatic heterocycles. The highest BCUT2D eigenvalue weighted by molar-refractivity contribution is 5.08. The number of nitrogens with zero attached hydrogens (tertiary/aromatic N) is 2. The van der Waals surface area contributed by atoms with Crippen LogP contribution in [0.1, 0.15) is 17.1 Å². The molecule has 1 N–H and O–H groups in total. The average Bonchev–Trinajstić information content (AvgIpc) is 2.71. The Hall–Kier alpha value is -1.88. The molecule has 90 valence electrons. The summed E-state index contributed by atoms with van der Waals surface area (Å²) in [5.41, 5.74) is 0.748. The number of nitrogens with one attached hydrogen (secondary N) is 1. The van der Waals surface area contributed by atoms with Gasteiger partial charge in [-0.3, -0.25) is 4.79 Å². The molecule has 2 heterocycles. The molecule has 17 heavy (non-hydrogen) atoms. The molecule has 0 unspecified atom stereocenters. The Bertz CT molecular complexity index is 557. The number of hydrogen-bond donors (Lipinski definition) is 1. The lowest BCUT2D eigenvalue weighted by Crippen LogP contribution is -2.22. The lowest BCUT2D eigenvalue weighted by molar-refractivity contribution is 0.431. The molecule has 0 amide bonds. The minimum Gasteiger partial charge on any atom is -0.463 e. The van der Waals surface area contributed by atoms with Crippen LogP contribution in [0.2, 0.25) is 0 Å². The van der Waals surface area contributed by atoms with Gasteiger partial charge in [-0.25, -0.2) is 4.68 Å². The lowest BCUT2D eigenvalue weighted by Gasteiger charge is -2.01. The Kier molecular flexibility index (Phi) is 3.39. The Balaban J connectivity index is 2.16. The second kappa shape index (κ2) is 4.97. The molecule has 5 nitrogen and oxygen atoms in total. The van der Waals surface area contributed by atoms with Crippen molar-refractivity contribution in [3.8, 4) is 0 Å². The van der Waals surface area contributed by atoms with Crippen molar-refractivity contribution in [1.29, 1.82) is 0 Å². The summed E-state index contributed by atoms with van der Waals surface area (Å²) in [6, 6.07) is 5.32. The molecule has 0 aliphatic rings. The molecule has 5 heteroatoms. The SMILES string of the molecule is CNCc1ccc(Cn2ncc(C)cc2=O)o1. The molecule has 0 aliphatic carbocycles. The maximum Gasteiger partial charge on any atom is 0.267 e. The van der Waals surface area contributed by atoms with Crippen molar-refractivity contribution in [2.75, 3.05) is 7.05 Å². The van der Waals surface area contributed by atoms with Crippen molar-refractivity contribution in [3.05, 3.63) is 51.8 Å². The molecular formula is C12H15N3O2. The largest absolute Gasteiger partial charge is 0.463 e. The minimum atomic E-state index is -0.114. The summed E-state index contributed by atoms with van der Waals surface area (Å²) >= 11 is 0. The van der Waals surface area contributed by atoms with Crippen LogP contribution >= 0.6 is 0 Å². The van der Waals surface area contributed by atoms with Gasteiger partial charge in [0, 0.05) is 6.07 Å². The van der Waals surface area contributed by atoms with Gasteiger partial charge < -0.3 is 9.73 Å². The summed E-state index contributed by atoms with van der Waals surface area (Å²) in [6.07, 6.45) is 1.67. The zero-order valence-corrected chi connectivity index (χ0v) is 9.93. The van der Waals surface area contributed by atoms with Crippen LogP contribution in [0.4, 0.5) is 0 Å². The molecule has 0 spiro atoms. The molecule has 0 fully saturated rings. The fraction of sp³-hybridized carbons (Fsp3) is 0.333. The Morgan fingerprint density at radius 3 is 2.88 bits per heavy atom. The average molecular weight is 233 g/mol. The fourth-order valence-electron chi connectivity index (χ4n) is 1.57. The Morgan fingerprint density at radius 1 is 1.41 bits per heavy atom. The van der Waals surface area contributed by atoms with Crippen LogP contribution in [0.3, 0.4) is 0 Å². The maximum atomic E-state index is 11.6. The van der Waals surface area contributed by atoms with Gasteiger partial charge in [0.05, 0.1) is 12.7 Å². The van der Waals surface area contributed by atoms with Crippen LogP contribution < -0.4 is 10.9 Å². The van der Waals surface area contributed by atoms with Crippen molar-refractivity contribution in [3.63, 3.8) is 0 Å². The van der Waals surface area contributed by atoms with Crippen LogP contribution in [-0.2, 0) is 13.1 Å². The van der Waals surface area contributed by atoms with E-state index in [1.54, 1.807) is 12.3 Å². The maximum absolute atomic E-state index is 11.6.